The number of benzene rings is 1. The fourth-order valence-electron chi connectivity index (χ4n) is 2.21. The molecule has 0 spiro atoms. The Morgan fingerprint density at radius 1 is 1.27 bits per heavy atom. The van der Waals surface area contributed by atoms with Gasteiger partial charge in [0.05, 0.1) is 17.4 Å². The lowest BCUT2D eigenvalue weighted by Gasteiger charge is -2.05. The zero-order valence-electron chi connectivity index (χ0n) is 12.4. The minimum atomic E-state index is 0.522. The largest absolute Gasteiger partial charge is 0.394 e. The van der Waals surface area contributed by atoms with Gasteiger partial charge in [0.15, 0.2) is 0 Å². The molecule has 0 atom stereocenters. The summed E-state index contributed by atoms with van der Waals surface area (Å²) in [4.78, 5) is 12.9. The highest BCUT2D eigenvalue weighted by Crippen LogP contribution is 2.17. The number of pyridine rings is 1. The summed E-state index contributed by atoms with van der Waals surface area (Å²) in [6.45, 7) is 1.27. The highest BCUT2D eigenvalue weighted by molar-refractivity contribution is 6.13. The molecule has 0 radical (unpaired) electrons. The van der Waals surface area contributed by atoms with Crippen LogP contribution in [0.2, 0.25) is 0 Å². The van der Waals surface area contributed by atoms with Crippen LogP contribution in [-0.4, -0.2) is 35.9 Å². The summed E-state index contributed by atoms with van der Waals surface area (Å²) in [7, 11) is 1.88. The maximum atomic E-state index is 5.43. The molecule has 0 aliphatic carbocycles. The van der Waals surface area contributed by atoms with E-state index in [1.165, 1.54) is 0 Å². The first kappa shape index (κ1) is 14.3. The summed E-state index contributed by atoms with van der Waals surface area (Å²) in [5.41, 5.74) is 3.69. The zero-order valence-corrected chi connectivity index (χ0v) is 12.4. The van der Waals surface area contributed by atoms with E-state index in [1.54, 1.807) is 6.20 Å². The maximum absolute atomic E-state index is 5.43. The number of oxime groups is 1. The van der Waals surface area contributed by atoms with E-state index >= 15 is 0 Å². The number of likely N-dealkylation sites (N-methyl/N-ethyl adjacent to an activating group) is 1. The van der Waals surface area contributed by atoms with Crippen LogP contribution in [0.25, 0.3) is 10.9 Å². The van der Waals surface area contributed by atoms with E-state index in [0.717, 1.165) is 34.4 Å². The van der Waals surface area contributed by atoms with Gasteiger partial charge in [-0.05, 0) is 19.2 Å². The second-order valence-corrected chi connectivity index (χ2v) is 4.89. The van der Waals surface area contributed by atoms with Crippen molar-refractivity contribution in [1.29, 1.82) is 0 Å². The van der Waals surface area contributed by atoms with Crippen molar-refractivity contribution in [2.24, 2.45) is 5.16 Å². The molecule has 0 amide bonds. The predicted octanol–water partition coefficient (Wildman–Crippen LogP) is 2.55. The number of H-pyrrole nitrogens is 1. The van der Waals surface area contributed by atoms with Crippen LogP contribution in [0.3, 0.4) is 0 Å². The van der Waals surface area contributed by atoms with Crippen LogP contribution >= 0.6 is 0 Å². The number of hydrogen-bond acceptors (Lipinski definition) is 4. The molecule has 2 aromatic heterocycles. The fraction of sp³-hybridized carbons (Fsp3) is 0.176. The van der Waals surface area contributed by atoms with Gasteiger partial charge < -0.3 is 15.1 Å². The molecule has 5 heteroatoms. The zero-order chi connectivity index (χ0) is 15.2. The van der Waals surface area contributed by atoms with Crippen LogP contribution in [0.15, 0.2) is 60.0 Å². The van der Waals surface area contributed by atoms with Gasteiger partial charge in [-0.25, -0.2) is 0 Å². The second-order valence-electron chi connectivity index (χ2n) is 4.89. The molecule has 1 aromatic carbocycles. The molecule has 0 bridgehead atoms. The number of aromatic amines is 1. The topological polar surface area (TPSA) is 62.3 Å². The minimum Gasteiger partial charge on any atom is -0.394 e. The summed E-state index contributed by atoms with van der Waals surface area (Å²) in [6.07, 6.45) is 3.59. The number of nitrogens with one attached hydrogen (secondary N) is 2. The summed E-state index contributed by atoms with van der Waals surface area (Å²) >= 11 is 0. The molecule has 0 saturated heterocycles. The molecule has 2 heterocycles. The van der Waals surface area contributed by atoms with Crippen molar-refractivity contribution in [3.8, 4) is 0 Å². The summed E-state index contributed by atoms with van der Waals surface area (Å²) < 4.78 is 0. The average molecular weight is 294 g/mol. The third kappa shape index (κ3) is 3.15. The van der Waals surface area contributed by atoms with Crippen molar-refractivity contribution in [3.63, 3.8) is 0 Å². The Morgan fingerprint density at radius 2 is 2.14 bits per heavy atom. The highest BCUT2D eigenvalue weighted by Gasteiger charge is 2.11. The van der Waals surface area contributed by atoms with E-state index in [0.29, 0.717) is 6.61 Å². The molecule has 0 saturated carbocycles. The molecular weight excluding hydrogens is 276 g/mol. The number of rotatable bonds is 6. The third-order valence-electron chi connectivity index (χ3n) is 3.33. The maximum Gasteiger partial charge on any atom is 0.133 e. The van der Waals surface area contributed by atoms with Crippen LogP contribution in [-0.2, 0) is 4.84 Å². The second kappa shape index (κ2) is 6.87. The van der Waals surface area contributed by atoms with E-state index in [-0.39, 0.29) is 0 Å². The van der Waals surface area contributed by atoms with Crippen molar-refractivity contribution < 1.29 is 4.84 Å². The smallest absolute Gasteiger partial charge is 0.133 e. The molecule has 3 aromatic rings. The minimum absolute atomic E-state index is 0.522. The number of nitrogens with zero attached hydrogens (tertiary/aromatic N) is 2. The van der Waals surface area contributed by atoms with Crippen LogP contribution in [0, 0.1) is 0 Å². The van der Waals surface area contributed by atoms with E-state index in [9.17, 15) is 0 Å². The van der Waals surface area contributed by atoms with Crippen molar-refractivity contribution >= 4 is 16.6 Å². The Labute approximate surface area is 129 Å². The van der Waals surface area contributed by atoms with Crippen molar-refractivity contribution in [3.05, 3.63) is 66.1 Å². The van der Waals surface area contributed by atoms with Crippen LogP contribution < -0.4 is 5.32 Å². The van der Waals surface area contributed by atoms with Gasteiger partial charge in [-0.2, -0.15) is 0 Å². The Kier molecular flexibility index (Phi) is 4.46. The molecule has 2 N–H and O–H groups in total. The molecule has 0 fully saturated rings. The molecule has 22 heavy (non-hydrogen) atoms. The van der Waals surface area contributed by atoms with Gasteiger partial charge in [0.1, 0.15) is 12.3 Å². The summed E-state index contributed by atoms with van der Waals surface area (Å²) in [5, 5.41) is 8.45. The van der Waals surface area contributed by atoms with E-state index in [1.807, 2.05) is 49.6 Å². The highest BCUT2D eigenvalue weighted by atomic mass is 16.6. The van der Waals surface area contributed by atoms with Crippen LogP contribution in [0.4, 0.5) is 0 Å². The first-order valence-electron chi connectivity index (χ1n) is 7.21. The Morgan fingerprint density at radius 3 is 2.91 bits per heavy atom. The lowest BCUT2D eigenvalue weighted by Crippen LogP contribution is -2.13. The van der Waals surface area contributed by atoms with Gasteiger partial charge in [-0.15, -0.1) is 0 Å². The Bertz CT molecular complexity index is 731. The molecule has 3 rings (SSSR count). The van der Waals surface area contributed by atoms with Gasteiger partial charge in [-0.3, -0.25) is 4.98 Å². The lowest BCUT2D eigenvalue weighted by atomic mass is 10.1. The first-order valence-corrected chi connectivity index (χ1v) is 7.21. The average Bonchev–Trinajstić information content (AvgIpc) is 2.99. The van der Waals surface area contributed by atoms with Crippen molar-refractivity contribution in [2.75, 3.05) is 20.2 Å². The van der Waals surface area contributed by atoms with Crippen LogP contribution in [0.5, 0.6) is 0 Å². The number of hydrogen-bond donors (Lipinski definition) is 2. The predicted molar refractivity (Wildman–Crippen MR) is 88.1 cm³/mol. The standard InChI is InChI=1S/C17H18N4O/c1-18-9-10-22-21-17(13-5-3-2-4-6-13)15-11-14-7-8-19-12-16(14)20-15/h2-8,11-12,18,20H,9-10H2,1H3/b21-17+. The van der Waals surface area contributed by atoms with Crippen molar-refractivity contribution in [1.82, 2.24) is 15.3 Å². The van der Waals surface area contributed by atoms with Gasteiger partial charge in [0.2, 0.25) is 0 Å². The van der Waals surface area contributed by atoms with Gasteiger partial charge in [0, 0.05) is 23.7 Å². The molecular formula is C17H18N4O. The Hall–Kier alpha value is -2.66. The van der Waals surface area contributed by atoms with Gasteiger partial charge in [0.25, 0.3) is 0 Å². The molecule has 112 valence electrons. The number of aromatic nitrogens is 2. The van der Waals surface area contributed by atoms with Crippen molar-refractivity contribution in [2.45, 2.75) is 0 Å². The van der Waals surface area contributed by atoms with E-state index in [4.69, 9.17) is 4.84 Å². The van der Waals surface area contributed by atoms with E-state index < -0.39 is 0 Å². The third-order valence-corrected chi connectivity index (χ3v) is 3.33. The van der Waals surface area contributed by atoms with Crippen LogP contribution in [0.1, 0.15) is 11.3 Å². The Balaban J connectivity index is 1.97. The van der Waals surface area contributed by atoms with E-state index in [2.05, 4.69) is 26.5 Å². The lowest BCUT2D eigenvalue weighted by molar-refractivity contribution is 0.148. The normalized spacial score (nSPS) is 11.8. The monoisotopic (exact) mass is 294 g/mol. The van der Waals surface area contributed by atoms with Gasteiger partial charge in [-0.1, -0.05) is 35.5 Å². The summed E-state index contributed by atoms with van der Waals surface area (Å²) in [6, 6.07) is 14.0. The SMILES string of the molecule is CNCCO/N=C(\c1ccccc1)c1cc2ccncc2[nH]1. The summed E-state index contributed by atoms with van der Waals surface area (Å²) in [5.74, 6) is 0. The molecule has 0 aliphatic rings. The van der Waals surface area contributed by atoms with Gasteiger partial charge >= 0.3 is 0 Å². The quantitative estimate of drug-likeness (QED) is 0.417. The number of fused-ring (bicyclic) bond motifs is 1. The first-order chi connectivity index (χ1) is 10.9. The fourth-order valence-corrected chi connectivity index (χ4v) is 2.21. The molecule has 5 nitrogen and oxygen atoms in total. The molecule has 0 unspecified atom stereocenters. The molecule has 0 aliphatic heterocycles.